The van der Waals surface area contributed by atoms with Gasteiger partial charge >= 0.3 is 0 Å². The Labute approximate surface area is 106 Å². The normalized spacial score (nSPS) is 16.2. The van der Waals surface area contributed by atoms with Crippen molar-refractivity contribution in [1.29, 1.82) is 0 Å². The van der Waals surface area contributed by atoms with Crippen LogP contribution in [-0.2, 0) is 16.6 Å². The Kier molecular flexibility index (Phi) is 3.56. The molecular weight excluding hydrogens is 254 g/mol. The second-order valence-corrected chi connectivity index (χ2v) is 6.19. The summed E-state index contributed by atoms with van der Waals surface area (Å²) in [5.41, 5.74) is 0.912. The van der Waals surface area contributed by atoms with Gasteiger partial charge in [-0.15, -0.1) is 6.58 Å². The van der Waals surface area contributed by atoms with Crippen molar-refractivity contribution in [1.82, 2.24) is 14.5 Å². The Hall–Kier alpha value is -1.18. The van der Waals surface area contributed by atoms with Crippen molar-refractivity contribution in [3.63, 3.8) is 0 Å². The molecule has 0 spiro atoms. The van der Waals surface area contributed by atoms with Crippen LogP contribution in [0, 0.1) is 6.92 Å². The van der Waals surface area contributed by atoms with Crippen LogP contribution in [0.2, 0.25) is 0 Å². The minimum Gasteiger partial charge on any atom is -0.392 e. The molecule has 0 atom stereocenters. The maximum absolute atomic E-state index is 12.5. The van der Waals surface area contributed by atoms with Crippen molar-refractivity contribution in [3.05, 3.63) is 23.9 Å². The molecule has 100 valence electrons. The van der Waals surface area contributed by atoms with Gasteiger partial charge in [0.15, 0.2) is 5.03 Å². The minimum atomic E-state index is -3.66. The Morgan fingerprint density at radius 2 is 2.28 bits per heavy atom. The van der Waals surface area contributed by atoms with E-state index in [0.717, 1.165) is 12.8 Å². The molecule has 0 saturated heterocycles. The molecule has 1 aromatic rings. The lowest BCUT2D eigenvalue weighted by molar-refractivity contribution is 0.277. The first-order valence-corrected chi connectivity index (χ1v) is 7.23. The third-order valence-corrected chi connectivity index (χ3v) is 4.90. The molecule has 1 saturated carbocycles. The molecule has 7 heteroatoms. The monoisotopic (exact) mass is 271 g/mol. The fraction of sp³-hybridized carbons (Fsp3) is 0.545. The first kappa shape index (κ1) is 13.3. The second-order valence-electron chi connectivity index (χ2n) is 4.38. The third kappa shape index (κ3) is 2.21. The van der Waals surface area contributed by atoms with Crippen molar-refractivity contribution < 1.29 is 13.5 Å². The van der Waals surface area contributed by atoms with E-state index in [4.69, 9.17) is 0 Å². The minimum absolute atomic E-state index is 0.0385. The average Bonchev–Trinajstić information content (AvgIpc) is 3.08. The summed E-state index contributed by atoms with van der Waals surface area (Å²) in [4.78, 5) is 0. The maximum Gasteiger partial charge on any atom is 0.263 e. The van der Waals surface area contributed by atoms with Crippen LogP contribution in [0.4, 0.5) is 0 Å². The van der Waals surface area contributed by atoms with Gasteiger partial charge in [-0.1, -0.05) is 6.08 Å². The lowest BCUT2D eigenvalue weighted by Crippen LogP contribution is -2.34. The Morgan fingerprint density at radius 1 is 1.61 bits per heavy atom. The Balaban J connectivity index is 2.42. The van der Waals surface area contributed by atoms with E-state index in [2.05, 4.69) is 16.8 Å². The number of rotatable bonds is 6. The van der Waals surface area contributed by atoms with E-state index in [9.17, 15) is 13.5 Å². The van der Waals surface area contributed by atoms with Gasteiger partial charge < -0.3 is 5.11 Å². The highest BCUT2D eigenvalue weighted by atomic mass is 32.2. The van der Waals surface area contributed by atoms with E-state index in [-0.39, 0.29) is 24.2 Å². The lowest BCUT2D eigenvalue weighted by Gasteiger charge is -2.19. The van der Waals surface area contributed by atoms with Crippen molar-refractivity contribution in [2.24, 2.45) is 0 Å². The number of hydrogen-bond donors (Lipinski definition) is 2. The summed E-state index contributed by atoms with van der Waals surface area (Å²) in [5, 5.41) is 15.6. The van der Waals surface area contributed by atoms with Crippen LogP contribution in [0.3, 0.4) is 0 Å². The van der Waals surface area contributed by atoms with E-state index in [0.29, 0.717) is 11.3 Å². The predicted octanol–water partition coefficient (Wildman–Crippen LogP) is 0.550. The van der Waals surface area contributed by atoms with Gasteiger partial charge in [0.05, 0.1) is 6.61 Å². The van der Waals surface area contributed by atoms with Gasteiger partial charge in [0.1, 0.15) is 0 Å². The molecule has 0 amide bonds. The van der Waals surface area contributed by atoms with Gasteiger partial charge in [-0.2, -0.15) is 9.40 Å². The second kappa shape index (κ2) is 4.83. The molecule has 1 aliphatic rings. The molecule has 1 fully saturated rings. The summed E-state index contributed by atoms with van der Waals surface area (Å²) in [5.74, 6) is 0. The highest BCUT2D eigenvalue weighted by Crippen LogP contribution is 2.32. The highest BCUT2D eigenvalue weighted by molar-refractivity contribution is 7.89. The fourth-order valence-corrected chi connectivity index (χ4v) is 3.69. The first-order chi connectivity index (χ1) is 8.52. The largest absolute Gasteiger partial charge is 0.392 e. The molecule has 18 heavy (non-hydrogen) atoms. The molecular formula is C11H17N3O3S. The van der Waals surface area contributed by atoms with Crippen LogP contribution >= 0.6 is 0 Å². The molecule has 0 unspecified atom stereocenters. The first-order valence-electron chi connectivity index (χ1n) is 5.79. The van der Waals surface area contributed by atoms with Crippen LogP contribution < -0.4 is 0 Å². The van der Waals surface area contributed by atoms with Crippen LogP contribution in [0.25, 0.3) is 0 Å². The zero-order valence-electron chi connectivity index (χ0n) is 10.3. The van der Waals surface area contributed by atoms with Gasteiger partial charge in [0.2, 0.25) is 0 Å². The zero-order chi connectivity index (χ0) is 13.3. The SMILES string of the molecule is C=CCN(C1CC1)S(=O)(=O)c1n[nH]c(C)c1CO. The van der Waals surface area contributed by atoms with E-state index in [1.807, 2.05) is 0 Å². The Bertz CT molecular complexity index is 546. The molecule has 1 heterocycles. The number of nitrogens with one attached hydrogen (secondary N) is 1. The van der Waals surface area contributed by atoms with Crippen molar-refractivity contribution in [2.75, 3.05) is 6.54 Å². The van der Waals surface area contributed by atoms with E-state index in [1.54, 1.807) is 13.0 Å². The standard InChI is InChI=1S/C11H17N3O3S/c1-3-6-14(9-4-5-9)18(16,17)11-10(7-15)8(2)12-13-11/h3,9,15H,1,4-7H2,2H3,(H,12,13). The summed E-state index contributed by atoms with van der Waals surface area (Å²) in [6.45, 7) is 5.19. The molecule has 1 aliphatic carbocycles. The summed E-state index contributed by atoms with van der Waals surface area (Å²) < 4.78 is 26.4. The quantitative estimate of drug-likeness (QED) is 0.740. The van der Waals surface area contributed by atoms with Crippen molar-refractivity contribution in [2.45, 2.75) is 37.4 Å². The van der Waals surface area contributed by atoms with Crippen LogP contribution in [0.15, 0.2) is 17.7 Å². The van der Waals surface area contributed by atoms with Gasteiger partial charge in [0, 0.05) is 23.8 Å². The van der Waals surface area contributed by atoms with Gasteiger partial charge in [-0.25, -0.2) is 8.42 Å². The van der Waals surface area contributed by atoms with Crippen LogP contribution in [0.1, 0.15) is 24.1 Å². The highest BCUT2D eigenvalue weighted by Gasteiger charge is 2.39. The molecule has 2 rings (SSSR count). The molecule has 2 N–H and O–H groups in total. The van der Waals surface area contributed by atoms with Crippen LogP contribution in [0.5, 0.6) is 0 Å². The van der Waals surface area contributed by atoms with E-state index >= 15 is 0 Å². The van der Waals surface area contributed by atoms with E-state index in [1.165, 1.54) is 4.31 Å². The number of sulfonamides is 1. The average molecular weight is 271 g/mol. The molecule has 0 aromatic carbocycles. The maximum atomic E-state index is 12.5. The summed E-state index contributed by atoms with van der Waals surface area (Å²) in [7, 11) is -3.66. The van der Waals surface area contributed by atoms with Gasteiger partial charge in [0.25, 0.3) is 10.0 Å². The molecule has 0 radical (unpaired) electrons. The number of nitrogens with zero attached hydrogens (tertiary/aromatic N) is 2. The number of hydrogen-bond acceptors (Lipinski definition) is 4. The van der Waals surface area contributed by atoms with Crippen LogP contribution in [-0.4, -0.2) is 40.6 Å². The third-order valence-electron chi connectivity index (χ3n) is 3.01. The summed E-state index contributed by atoms with van der Waals surface area (Å²) in [6, 6.07) is 0.0385. The topological polar surface area (TPSA) is 86.3 Å². The number of aryl methyl sites for hydroxylation is 1. The summed E-state index contributed by atoms with van der Waals surface area (Å²) in [6.07, 6.45) is 3.30. The lowest BCUT2D eigenvalue weighted by atomic mass is 10.3. The smallest absolute Gasteiger partial charge is 0.263 e. The molecule has 6 nitrogen and oxygen atoms in total. The fourth-order valence-electron chi connectivity index (χ4n) is 1.87. The summed E-state index contributed by atoms with van der Waals surface area (Å²) >= 11 is 0. The van der Waals surface area contributed by atoms with E-state index < -0.39 is 10.0 Å². The zero-order valence-corrected chi connectivity index (χ0v) is 11.1. The van der Waals surface area contributed by atoms with Crippen molar-refractivity contribution in [3.8, 4) is 0 Å². The van der Waals surface area contributed by atoms with Gasteiger partial charge in [-0.05, 0) is 19.8 Å². The predicted molar refractivity (Wildman–Crippen MR) is 66.4 cm³/mol. The number of aliphatic hydroxyl groups is 1. The van der Waals surface area contributed by atoms with Gasteiger partial charge in [-0.3, -0.25) is 5.10 Å². The van der Waals surface area contributed by atoms with Crippen molar-refractivity contribution >= 4 is 10.0 Å². The molecule has 1 aromatic heterocycles. The molecule has 0 aliphatic heterocycles. The molecule has 0 bridgehead atoms. The number of H-pyrrole nitrogens is 1. The Morgan fingerprint density at radius 3 is 2.78 bits per heavy atom. The number of aliphatic hydroxyl groups excluding tert-OH is 1. The number of aromatic nitrogens is 2. The number of aromatic amines is 1.